The summed E-state index contributed by atoms with van der Waals surface area (Å²) in [5.74, 6) is -0.267. The summed E-state index contributed by atoms with van der Waals surface area (Å²) in [6.45, 7) is 7.68. The number of amides is 1. The van der Waals surface area contributed by atoms with Gasteiger partial charge in [-0.2, -0.15) is 0 Å². The zero-order valence-corrected chi connectivity index (χ0v) is 11.3. The number of hydrogen-bond acceptors (Lipinski definition) is 5. The fourth-order valence-corrected chi connectivity index (χ4v) is 2.01. The van der Waals surface area contributed by atoms with Crippen LogP contribution >= 0.6 is 11.3 Å². The lowest BCUT2D eigenvalue weighted by atomic mass is 10.1. The summed E-state index contributed by atoms with van der Waals surface area (Å²) in [4.78, 5) is 27.0. The standard InChI is InChI=1S/C11H17N3O2S/c1-5-12-11(3,4)9(16)14-10-13-8(6-17-10)7(2)15/h6,12H,5H2,1-4H3,(H,13,14,16). The van der Waals surface area contributed by atoms with Crippen molar-refractivity contribution in [3.05, 3.63) is 11.1 Å². The number of carbonyl (C=O) groups excluding carboxylic acids is 2. The normalized spacial score (nSPS) is 11.3. The molecule has 2 N–H and O–H groups in total. The minimum atomic E-state index is -0.656. The van der Waals surface area contributed by atoms with Crippen LogP contribution < -0.4 is 10.6 Å². The quantitative estimate of drug-likeness (QED) is 0.785. The van der Waals surface area contributed by atoms with E-state index in [0.29, 0.717) is 17.4 Å². The zero-order valence-electron chi connectivity index (χ0n) is 10.5. The van der Waals surface area contributed by atoms with Gasteiger partial charge in [-0.3, -0.25) is 9.59 Å². The van der Waals surface area contributed by atoms with E-state index >= 15 is 0 Å². The molecule has 0 aliphatic rings. The van der Waals surface area contributed by atoms with E-state index in [1.54, 1.807) is 19.2 Å². The third-order valence-corrected chi connectivity index (χ3v) is 3.03. The summed E-state index contributed by atoms with van der Waals surface area (Å²) in [5, 5.41) is 7.85. The Balaban J connectivity index is 2.70. The Labute approximate surface area is 105 Å². The number of anilines is 1. The number of aromatic nitrogens is 1. The van der Waals surface area contributed by atoms with E-state index in [1.165, 1.54) is 18.3 Å². The van der Waals surface area contributed by atoms with Crippen LogP contribution in [0.25, 0.3) is 0 Å². The van der Waals surface area contributed by atoms with Crippen LogP contribution in [0.15, 0.2) is 5.38 Å². The van der Waals surface area contributed by atoms with E-state index in [1.807, 2.05) is 6.92 Å². The highest BCUT2D eigenvalue weighted by molar-refractivity contribution is 7.14. The number of hydrogen-bond donors (Lipinski definition) is 2. The fourth-order valence-electron chi connectivity index (χ4n) is 1.27. The lowest BCUT2D eigenvalue weighted by molar-refractivity contribution is -0.121. The SMILES string of the molecule is CCNC(C)(C)C(=O)Nc1nc(C(C)=O)cs1. The van der Waals surface area contributed by atoms with Gasteiger partial charge in [0.1, 0.15) is 5.69 Å². The van der Waals surface area contributed by atoms with Crippen LogP contribution in [0.3, 0.4) is 0 Å². The first-order valence-electron chi connectivity index (χ1n) is 5.39. The van der Waals surface area contributed by atoms with Crippen molar-refractivity contribution in [1.29, 1.82) is 0 Å². The first-order valence-corrected chi connectivity index (χ1v) is 6.27. The maximum atomic E-state index is 11.9. The maximum Gasteiger partial charge on any atom is 0.245 e. The number of rotatable bonds is 5. The molecule has 0 bridgehead atoms. The molecule has 0 aliphatic carbocycles. The van der Waals surface area contributed by atoms with Gasteiger partial charge in [0.25, 0.3) is 0 Å². The van der Waals surface area contributed by atoms with Crippen LogP contribution in [0.1, 0.15) is 38.2 Å². The summed E-state index contributed by atoms with van der Waals surface area (Å²) in [7, 11) is 0. The van der Waals surface area contributed by atoms with Crippen molar-refractivity contribution in [1.82, 2.24) is 10.3 Å². The number of nitrogens with one attached hydrogen (secondary N) is 2. The van der Waals surface area contributed by atoms with Crippen molar-refractivity contribution < 1.29 is 9.59 Å². The van der Waals surface area contributed by atoms with E-state index in [9.17, 15) is 9.59 Å². The Bertz CT molecular complexity index is 426. The van der Waals surface area contributed by atoms with Gasteiger partial charge in [-0.1, -0.05) is 6.92 Å². The second-order valence-corrected chi connectivity index (χ2v) is 5.06. The number of thiazole rings is 1. The third-order valence-electron chi connectivity index (χ3n) is 2.27. The molecule has 1 aromatic heterocycles. The van der Waals surface area contributed by atoms with Gasteiger partial charge < -0.3 is 10.6 Å². The molecular formula is C11H17N3O2S. The highest BCUT2D eigenvalue weighted by atomic mass is 32.1. The molecule has 0 fully saturated rings. The minimum absolute atomic E-state index is 0.104. The monoisotopic (exact) mass is 255 g/mol. The van der Waals surface area contributed by atoms with Gasteiger partial charge in [-0.15, -0.1) is 11.3 Å². The Morgan fingerprint density at radius 1 is 1.47 bits per heavy atom. The molecule has 0 spiro atoms. The van der Waals surface area contributed by atoms with Gasteiger partial charge >= 0.3 is 0 Å². The molecule has 6 heteroatoms. The molecule has 0 saturated carbocycles. The number of carbonyl (C=O) groups is 2. The van der Waals surface area contributed by atoms with Crippen molar-refractivity contribution in [2.45, 2.75) is 33.2 Å². The molecular weight excluding hydrogens is 238 g/mol. The molecule has 0 aliphatic heterocycles. The number of nitrogens with zero attached hydrogens (tertiary/aromatic N) is 1. The smallest absolute Gasteiger partial charge is 0.245 e. The molecule has 0 radical (unpaired) electrons. The van der Waals surface area contributed by atoms with E-state index in [-0.39, 0.29) is 11.7 Å². The van der Waals surface area contributed by atoms with Crippen LogP contribution in [0.5, 0.6) is 0 Å². The second-order valence-electron chi connectivity index (χ2n) is 4.20. The molecule has 0 atom stereocenters. The van der Waals surface area contributed by atoms with Crippen molar-refractivity contribution in [3.63, 3.8) is 0 Å². The molecule has 0 unspecified atom stereocenters. The van der Waals surface area contributed by atoms with Crippen LogP contribution in [-0.2, 0) is 4.79 Å². The van der Waals surface area contributed by atoms with Crippen LogP contribution in [-0.4, -0.2) is 28.8 Å². The zero-order chi connectivity index (χ0) is 13.1. The lowest BCUT2D eigenvalue weighted by Gasteiger charge is -2.23. The summed E-state index contributed by atoms with van der Waals surface area (Å²) in [6.07, 6.45) is 0. The van der Waals surface area contributed by atoms with Gasteiger partial charge in [0.2, 0.25) is 5.91 Å². The first kappa shape index (κ1) is 13.8. The average Bonchev–Trinajstić information content (AvgIpc) is 2.66. The molecule has 1 rings (SSSR count). The average molecular weight is 255 g/mol. The number of likely N-dealkylation sites (N-methyl/N-ethyl adjacent to an activating group) is 1. The third kappa shape index (κ3) is 3.61. The molecule has 94 valence electrons. The van der Waals surface area contributed by atoms with Gasteiger partial charge in [0, 0.05) is 12.3 Å². The predicted molar refractivity (Wildman–Crippen MR) is 68.5 cm³/mol. The summed E-state index contributed by atoms with van der Waals surface area (Å²) in [5.41, 5.74) is -0.275. The van der Waals surface area contributed by atoms with Crippen LogP contribution in [0.2, 0.25) is 0 Å². The highest BCUT2D eigenvalue weighted by Crippen LogP contribution is 2.17. The Hall–Kier alpha value is -1.27. The van der Waals surface area contributed by atoms with Gasteiger partial charge in [0.15, 0.2) is 10.9 Å². The maximum absolute atomic E-state index is 11.9. The highest BCUT2D eigenvalue weighted by Gasteiger charge is 2.26. The molecule has 0 saturated heterocycles. The van der Waals surface area contributed by atoms with Crippen molar-refractivity contribution >= 4 is 28.2 Å². The minimum Gasteiger partial charge on any atom is -0.304 e. The number of Topliss-reactive ketones (excluding diaryl/α,β-unsaturated/α-hetero) is 1. The van der Waals surface area contributed by atoms with Crippen molar-refractivity contribution in [2.24, 2.45) is 0 Å². The van der Waals surface area contributed by atoms with Gasteiger partial charge in [-0.25, -0.2) is 4.98 Å². The van der Waals surface area contributed by atoms with E-state index in [2.05, 4.69) is 15.6 Å². The molecule has 0 aromatic carbocycles. The molecule has 5 nitrogen and oxygen atoms in total. The molecule has 1 amide bonds. The topological polar surface area (TPSA) is 71.1 Å². The first-order chi connectivity index (χ1) is 7.86. The Kier molecular flexibility index (Phi) is 4.36. The predicted octanol–water partition coefficient (Wildman–Crippen LogP) is 1.67. The van der Waals surface area contributed by atoms with Crippen molar-refractivity contribution in [3.8, 4) is 0 Å². The summed E-state index contributed by atoms with van der Waals surface area (Å²) >= 11 is 1.25. The van der Waals surface area contributed by atoms with Crippen LogP contribution in [0, 0.1) is 0 Å². The second kappa shape index (κ2) is 5.37. The number of ketones is 1. The van der Waals surface area contributed by atoms with Gasteiger partial charge in [-0.05, 0) is 20.4 Å². The summed E-state index contributed by atoms with van der Waals surface area (Å²) in [6, 6.07) is 0. The fraction of sp³-hybridized carbons (Fsp3) is 0.545. The van der Waals surface area contributed by atoms with E-state index in [0.717, 1.165) is 0 Å². The van der Waals surface area contributed by atoms with Crippen LogP contribution in [0.4, 0.5) is 5.13 Å². The van der Waals surface area contributed by atoms with Gasteiger partial charge in [0.05, 0.1) is 5.54 Å². The Morgan fingerprint density at radius 3 is 2.59 bits per heavy atom. The van der Waals surface area contributed by atoms with E-state index in [4.69, 9.17) is 0 Å². The largest absolute Gasteiger partial charge is 0.304 e. The molecule has 17 heavy (non-hydrogen) atoms. The lowest BCUT2D eigenvalue weighted by Crippen LogP contribution is -2.49. The van der Waals surface area contributed by atoms with Crippen molar-refractivity contribution in [2.75, 3.05) is 11.9 Å². The molecule has 1 heterocycles. The molecule has 1 aromatic rings. The van der Waals surface area contributed by atoms with E-state index < -0.39 is 5.54 Å². The summed E-state index contributed by atoms with van der Waals surface area (Å²) < 4.78 is 0. The Morgan fingerprint density at radius 2 is 2.12 bits per heavy atom.